The van der Waals surface area contributed by atoms with Crippen LogP contribution in [0.5, 0.6) is 23.0 Å². The normalized spacial score (nSPS) is 31.8. The van der Waals surface area contributed by atoms with Crippen molar-refractivity contribution in [3.05, 3.63) is 107 Å². The standard InChI is InChI=1S/C31H36O9.C24H32O8/c1-19-10-9-13-23(38-28(32)20-11-7-6-8-12-20)26-27-31(40-27,30(2,3)39-26)15-14-21-16-22(35-5)17-24(36-18-34-4)25(21)29(33)37-19;1-14-7-6-8-17(25)20-21-24(32-21,23(2,3)31-20)10-9-15-11-16(28-5)12-18(29-13-27-4)19(15)22(26)30-14/h6-9,11-13,16-17,19,23,26-27H,10,14-15,18H2,1-5H3;6,8,11-12,14,17,20-21,25H,7,9-10,13H2,1-5H3/b13-9-;8-6-/t19-,23?,26+,27+,31?;14-,17?,20+,21+,24?/m00/s1. The molecule has 6 aliphatic heterocycles. The van der Waals surface area contributed by atoms with E-state index >= 15 is 0 Å². The predicted molar refractivity (Wildman–Crippen MR) is 260 cm³/mol. The Labute approximate surface area is 420 Å². The van der Waals surface area contributed by atoms with Gasteiger partial charge in [0, 0.05) is 39.2 Å². The number of ether oxygens (including phenoxy) is 13. The van der Waals surface area contributed by atoms with Crippen LogP contribution in [0.25, 0.3) is 0 Å². The van der Waals surface area contributed by atoms with Gasteiger partial charge in [-0.2, -0.15) is 0 Å². The summed E-state index contributed by atoms with van der Waals surface area (Å²) in [6.45, 7) is 11.5. The largest absolute Gasteiger partial charge is 0.497 e. The number of methoxy groups -OCH3 is 4. The highest BCUT2D eigenvalue weighted by atomic mass is 16.7. The Morgan fingerprint density at radius 2 is 1.12 bits per heavy atom. The van der Waals surface area contributed by atoms with Crippen molar-refractivity contribution in [1.82, 2.24) is 0 Å². The molecule has 0 radical (unpaired) electrons. The number of fused-ring (bicyclic) bond motifs is 2. The Morgan fingerprint density at radius 1 is 0.653 bits per heavy atom. The van der Waals surface area contributed by atoms with E-state index in [2.05, 4.69) is 0 Å². The van der Waals surface area contributed by atoms with Crippen molar-refractivity contribution in [3.63, 3.8) is 0 Å². The maximum atomic E-state index is 13.5. The summed E-state index contributed by atoms with van der Waals surface area (Å²) < 4.78 is 75.4. The Kier molecular flexibility index (Phi) is 15.8. The minimum Gasteiger partial charge on any atom is -0.497 e. The fourth-order valence-electron chi connectivity index (χ4n) is 10.5. The molecule has 4 bridgehead atoms. The van der Waals surface area contributed by atoms with E-state index in [1.165, 1.54) is 14.2 Å². The van der Waals surface area contributed by atoms with Crippen molar-refractivity contribution in [3.8, 4) is 23.0 Å². The van der Waals surface area contributed by atoms with Crippen molar-refractivity contribution in [1.29, 1.82) is 0 Å². The summed E-state index contributed by atoms with van der Waals surface area (Å²) in [5, 5.41) is 10.7. The molecule has 9 rings (SSSR count). The molecule has 0 saturated carbocycles. The molecule has 17 heteroatoms. The number of carbonyl (C=O) groups excluding carboxylic acids is 3. The van der Waals surface area contributed by atoms with Crippen molar-refractivity contribution in [2.24, 2.45) is 0 Å². The van der Waals surface area contributed by atoms with Crippen LogP contribution in [0, 0.1) is 0 Å². The molecule has 0 aromatic heterocycles. The summed E-state index contributed by atoms with van der Waals surface area (Å²) in [5.74, 6) is 0.377. The summed E-state index contributed by atoms with van der Waals surface area (Å²) in [4.78, 5) is 39.7. The zero-order valence-corrected chi connectivity index (χ0v) is 42.8. The summed E-state index contributed by atoms with van der Waals surface area (Å²) >= 11 is 0. The molecule has 0 amide bonds. The quantitative estimate of drug-likeness (QED) is 0.0690. The molecule has 3 aromatic carbocycles. The Morgan fingerprint density at radius 3 is 1.60 bits per heavy atom. The Balaban J connectivity index is 0.000000197. The van der Waals surface area contributed by atoms with Gasteiger partial charge in [0.2, 0.25) is 0 Å². The lowest BCUT2D eigenvalue weighted by Gasteiger charge is -2.31. The molecule has 72 heavy (non-hydrogen) atoms. The smallest absolute Gasteiger partial charge is 0.342 e. The fraction of sp³-hybridized carbons (Fsp3) is 0.545. The van der Waals surface area contributed by atoms with E-state index in [1.807, 2.05) is 71.9 Å². The van der Waals surface area contributed by atoms with Gasteiger partial charge in [-0.05, 0) is 109 Å². The lowest BCUT2D eigenvalue weighted by atomic mass is 9.83. The van der Waals surface area contributed by atoms with Crippen LogP contribution in [0.2, 0.25) is 0 Å². The first-order valence-corrected chi connectivity index (χ1v) is 24.5. The Hall–Kier alpha value is -5.53. The van der Waals surface area contributed by atoms with Gasteiger partial charge in [0.25, 0.3) is 0 Å². The molecular formula is C55H68O17. The van der Waals surface area contributed by atoms with Crippen LogP contribution in [0.1, 0.15) is 109 Å². The molecule has 17 nitrogen and oxygen atoms in total. The third kappa shape index (κ3) is 10.6. The molecule has 0 aliphatic carbocycles. The first-order valence-electron chi connectivity index (χ1n) is 24.5. The molecule has 0 spiro atoms. The predicted octanol–water partition coefficient (Wildman–Crippen LogP) is 7.45. The number of esters is 3. The second-order valence-corrected chi connectivity index (χ2v) is 19.9. The number of aryl methyl sites for hydroxylation is 2. The van der Waals surface area contributed by atoms with Gasteiger partial charge < -0.3 is 66.7 Å². The first kappa shape index (κ1) is 52.8. The molecular weight excluding hydrogens is 933 g/mol. The molecule has 390 valence electrons. The number of carbonyl (C=O) groups is 3. The number of hydrogen-bond donors (Lipinski definition) is 1. The number of epoxide rings is 2. The molecule has 1 N–H and O–H groups in total. The van der Waals surface area contributed by atoms with Crippen LogP contribution in [0.4, 0.5) is 0 Å². The van der Waals surface area contributed by atoms with Crippen LogP contribution in [0.3, 0.4) is 0 Å². The first-order chi connectivity index (χ1) is 34.4. The number of cyclic esters (lactones) is 2. The minimum atomic E-state index is -0.795. The highest BCUT2D eigenvalue weighted by molar-refractivity contribution is 5.95. The average molecular weight is 1000 g/mol. The summed E-state index contributed by atoms with van der Waals surface area (Å²) in [6.07, 6.45) is 6.40. The number of aliphatic hydroxyl groups excluding tert-OH is 1. The van der Waals surface area contributed by atoms with E-state index in [1.54, 1.807) is 62.8 Å². The van der Waals surface area contributed by atoms with E-state index in [4.69, 9.17) is 61.6 Å². The van der Waals surface area contributed by atoms with Crippen LogP contribution in [0.15, 0.2) is 78.9 Å². The number of aliphatic hydroxyl groups is 1. The van der Waals surface area contributed by atoms with Gasteiger partial charge in [0.15, 0.2) is 13.6 Å². The van der Waals surface area contributed by atoms with Crippen LogP contribution in [-0.4, -0.2) is 136 Å². The molecule has 10 atom stereocenters. The van der Waals surface area contributed by atoms with Crippen molar-refractivity contribution >= 4 is 17.9 Å². The van der Waals surface area contributed by atoms with E-state index in [0.717, 1.165) is 5.56 Å². The van der Waals surface area contributed by atoms with E-state index < -0.39 is 76.9 Å². The van der Waals surface area contributed by atoms with Crippen LogP contribution in [-0.2, 0) is 55.5 Å². The number of hydrogen-bond acceptors (Lipinski definition) is 17. The maximum absolute atomic E-state index is 13.5. The molecule has 3 aromatic rings. The minimum absolute atomic E-state index is 0.0132. The fourth-order valence-corrected chi connectivity index (χ4v) is 10.5. The summed E-state index contributed by atoms with van der Waals surface area (Å²) in [6, 6.07) is 15.8. The average Bonchev–Trinajstić information content (AvgIpc) is 4.25. The zero-order chi connectivity index (χ0) is 51.6. The highest BCUT2D eigenvalue weighted by Gasteiger charge is 2.76. The monoisotopic (exact) mass is 1000 g/mol. The van der Waals surface area contributed by atoms with E-state index in [9.17, 15) is 19.5 Å². The van der Waals surface area contributed by atoms with Gasteiger partial charge >= 0.3 is 17.9 Å². The molecule has 4 unspecified atom stereocenters. The van der Waals surface area contributed by atoms with Gasteiger partial charge in [0.05, 0.1) is 31.0 Å². The molecule has 4 saturated heterocycles. The Bertz CT molecular complexity index is 2500. The van der Waals surface area contributed by atoms with Crippen molar-refractivity contribution < 1.29 is 81.1 Å². The van der Waals surface area contributed by atoms with Crippen molar-refractivity contribution in [2.45, 2.75) is 151 Å². The van der Waals surface area contributed by atoms with E-state index in [-0.39, 0.29) is 25.8 Å². The second-order valence-electron chi connectivity index (χ2n) is 19.9. The van der Waals surface area contributed by atoms with Crippen LogP contribution < -0.4 is 18.9 Å². The topological polar surface area (TPSA) is 198 Å². The maximum Gasteiger partial charge on any atom is 0.342 e. The van der Waals surface area contributed by atoms with Gasteiger partial charge in [0.1, 0.15) is 94.2 Å². The summed E-state index contributed by atoms with van der Waals surface area (Å²) in [7, 11) is 6.16. The van der Waals surface area contributed by atoms with Gasteiger partial charge in [-0.3, -0.25) is 0 Å². The molecule has 4 fully saturated rings. The second kappa shape index (κ2) is 21.5. The van der Waals surface area contributed by atoms with Gasteiger partial charge in [-0.15, -0.1) is 0 Å². The molecule has 6 aliphatic rings. The van der Waals surface area contributed by atoms with Crippen LogP contribution >= 0.6 is 0 Å². The SMILES string of the molecule is COCOc1cc(OC)cc2c1C(=O)O[C@@H](C)C/C=C\C(O)[C@H]1OC(C)(C)C3(CC2)O[C@H]13.COCOc1cc(OC)cc2c1C(=O)O[C@@H](C)C/C=C\C(OC(=O)c1ccccc1)[C@H]1OC(C)(C)C3(CC2)O[C@H]13. The highest BCUT2D eigenvalue weighted by Crippen LogP contribution is 2.61. The third-order valence-corrected chi connectivity index (χ3v) is 14.5. The zero-order valence-electron chi connectivity index (χ0n) is 42.8. The van der Waals surface area contributed by atoms with Crippen molar-refractivity contribution in [2.75, 3.05) is 42.0 Å². The molecule has 6 heterocycles. The van der Waals surface area contributed by atoms with Gasteiger partial charge in [-0.1, -0.05) is 36.4 Å². The third-order valence-electron chi connectivity index (χ3n) is 14.5. The lowest BCUT2D eigenvalue weighted by Crippen LogP contribution is -2.40. The number of benzene rings is 3. The lowest BCUT2D eigenvalue weighted by molar-refractivity contribution is -0.135. The summed E-state index contributed by atoms with van der Waals surface area (Å²) in [5.41, 5.74) is 0.179. The van der Waals surface area contributed by atoms with Gasteiger partial charge in [-0.25, -0.2) is 14.4 Å². The van der Waals surface area contributed by atoms with E-state index in [0.29, 0.717) is 83.8 Å². The number of rotatable bonds is 10.